The van der Waals surface area contributed by atoms with Crippen molar-refractivity contribution in [1.29, 1.82) is 0 Å². The van der Waals surface area contributed by atoms with Gasteiger partial charge >= 0.3 is 0 Å². The molecule has 1 aliphatic heterocycles. The average Bonchev–Trinajstić information content (AvgIpc) is 2.54. The molecule has 0 aliphatic carbocycles. The van der Waals surface area contributed by atoms with Gasteiger partial charge in [0.15, 0.2) is 5.84 Å². The highest BCUT2D eigenvalue weighted by atomic mass is 79.9. The van der Waals surface area contributed by atoms with Crippen molar-refractivity contribution in [3.8, 4) is 0 Å². The molecule has 1 amide bonds. The molecule has 1 aromatic carbocycles. The van der Waals surface area contributed by atoms with Gasteiger partial charge in [0.05, 0.1) is 10.3 Å². The first-order valence-electron chi connectivity index (χ1n) is 6.61. The monoisotopic (exact) mass is 371 g/mol. The summed E-state index contributed by atoms with van der Waals surface area (Å²) in [6, 6.07) is 7.41. The average molecular weight is 372 g/mol. The normalized spacial score (nSPS) is 18.6. The molecule has 114 valence electrons. The molecule has 0 saturated carbocycles. The SMILES string of the molecule is CSC1(C(N)=NO)CCN(C(=O)c2ccccc2Br)CC1. The zero-order chi connectivity index (χ0) is 15.5. The third-order valence-electron chi connectivity index (χ3n) is 3.93. The number of halogens is 1. The van der Waals surface area contributed by atoms with Crippen molar-refractivity contribution < 1.29 is 10.0 Å². The van der Waals surface area contributed by atoms with Gasteiger partial charge in [0.2, 0.25) is 0 Å². The third kappa shape index (κ3) is 3.18. The van der Waals surface area contributed by atoms with Crippen molar-refractivity contribution in [2.75, 3.05) is 19.3 Å². The van der Waals surface area contributed by atoms with E-state index >= 15 is 0 Å². The predicted octanol–water partition coefficient (Wildman–Crippen LogP) is 2.53. The molecule has 1 heterocycles. The van der Waals surface area contributed by atoms with Crippen LogP contribution >= 0.6 is 27.7 Å². The topological polar surface area (TPSA) is 78.9 Å². The summed E-state index contributed by atoms with van der Waals surface area (Å²) in [4.78, 5) is 14.4. The number of thioether (sulfide) groups is 1. The maximum absolute atomic E-state index is 12.5. The van der Waals surface area contributed by atoms with Crippen LogP contribution in [0.15, 0.2) is 33.9 Å². The largest absolute Gasteiger partial charge is 0.409 e. The maximum atomic E-state index is 12.5. The Kier molecular flexibility index (Phi) is 5.16. The minimum absolute atomic E-state index is 0.0108. The minimum atomic E-state index is -0.376. The Morgan fingerprint density at radius 1 is 1.43 bits per heavy atom. The van der Waals surface area contributed by atoms with Crippen molar-refractivity contribution >= 4 is 39.4 Å². The molecule has 0 radical (unpaired) electrons. The van der Waals surface area contributed by atoms with E-state index in [0.29, 0.717) is 31.5 Å². The Balaban J connectivity index is 2.11. The molecule has 5 nitrogen and oxygen atoms in total. The molecule has 0 bridgehead atoms. The summed E-state index contributed by atoms with van der Waals surface area (Å²) in [5.74, 6) is 0.250. The van der Waals surface area contributed by atoms with Crippen molar-refractivity contribution in [2.45, 2.75) is 17.6 Å². The molecule has 1 saturated heterocycles. The lowest BCUT2D eigenvalue weighted by Gasteiger charge is -2.39. The highest BCUT2D eigenvalue weighted by Gasteiger charge is 2.39. The lowest BCUT2D eigenvalue weighted by atomic mass is 9.94. The van der Waals surface area contributed by atoms with Gasteiger partial charge in [-0.25, -0.2) is 0 Å². The van der Waals surface area contributed by atoms with E-state index in [1.807, 2.05) is 35.4 Å². The number of likely N-dealkylation sites (tertiary alicyclic amines) is 1. The van der Waals surface area contributed by atoms with E-state index in [1.54, 1.807) is 11.8 Å². The number of rotatable bonds is 3. The fourth-order valence-electron chi connectivity index (χ4n) is 2.53. The number of carbonyl (C=O) groups is 1. The van der Waals surface area contributed by atoms with Gasteiger partial charge in [0.1, 0.15) is 0 Å². The van der Waals surface area contributed by atoms with Gasteiger partial charge < -0.3 is 15.8 Å². The molecule has 3 N–H and O–H groups in total. The van der Waals surface area contributed by atoms with Gasteiger partial charge in [-0.3, -0.25) is 4.79 Å². The second-order valence-electron chi connectivity index (χ2n) is 4.96. The quantitative estimate of drug-likeness (QED) is 0.370. The number of oxime groups is 1. The van der Waals surface area contributed by atoms with Crippen LogP contribution in [0.2, 0.25) is 0 Å². The van der Waals surface area contributed by atoms with Crippen LogP contribution in [0.5, 0.6) is 0 Å². The maximum Gasteiger partial charge on any atom is 0.254 e. The third-order valence-corrected chi connectivity index (χ3v) is 6.02. The molecular weight excluding hydrogens is 354 g/mol. The van der Waals surface area contributed by atoms with Gasteiger partial charge in [0, 0.05) is 17.6 Å². The van der Waals surface area contributed by atoms with Gasteiger partial charge in [0.25, 0.3) is 5.91 Å². The molecule has 0 unspecified atom stereocenters. The van der Waals surface area contributed by atoms with Crippen LogP contribution in [0.3, 0.4) is 0 Å². The van der Waals surface area contributed by atoms with Crippen LogP contribution in [0.1, 0.15) is 23.2 Å². The van der Waals surface area contributed by atoms with Crippen LogP contribution in [-0.2, 0) is 0 Å². The first-order chi connectivity index (χ1) is 10.0. The van der Waals surface area contributed by atoms with E-state index in [0.717, 1.165) is 4.47 Å². The molecule has 21 heavy (non-hydrogen) atoms. The van der Waals surface area contributed by atoms with Crippen LogP contribution in [-0.4, -0.2) is 45.9 Å². The number of hydrogen-bond donors (Lipinski definition) is 2. The lowest BCUT2D eigenvalue weighted by Crippen LogP contribution is -2.51. The number of piperidine rings is 1. The Morgan fingerprint density at radius 3 is 2.57 bits per heavy atom. The number of nitrogens with zero attached hydrogens (tertiary/aromatic N) is 2. The molecule has 0 spiro atoms. The van der Waals surface area contributed by atoms with Crippen molar-refractivity contribution in [3.05, 3.63) is 34.3 Å². The second kappa shape index (κ2) is 6.70. The lowest BCUT2D eigenvalue weighted by molar-refractivity contribution is 0.0717. The van der Waals surface area contributed by atoms with E-state index in [2.05, 4.69) is 21.1 Å². The summed E-state index contributed by atoms with van der Waals surface area (Å²) in [7, 11) is 0. The summed E-state index contributed by atoms with van der Waals surface area (Å²) in [6.45, 7) is 1.19. The number of nitrogens with two attached hydrogens (primary N) is 1. The standard InChI is InChI=1S/C14H18BrN3O2S/c1-21-14(13(16)17-20)6-8-18(9-7-14)12(19)10-4-2-3-5-11(10)15/h2-5,20H,6-9H2,1H3,(H2,16,17). The van der Waals surface area contributed by atoms with Crippen molar-refractivity contribution in [1.82, 2.24) is 4.90 Å². The summed E-state index contributed by atoms with van der Waals surface area (Å²) in [6.07, 6.45) is 3.31. The van der Waals surface area contributed by atoms with Crippen molar-refractivity contribution in [2.24, 2.45) is 10.9 Å². The minimum Gasteiger partial charge on any atom is -0.409 e. The number of amides is 1. The van der Waals surface area contributed by atoms with E-state index in [4.69, 9.17) is 10.9 Å². The molecular formula is C14H18BrN3O2S. The Hall–Kier alpha value is -1.21. The number of carbonyl (C=O) groups excluding carboxylic acids is 1. The summed E-state index contributed by atoms with van der Waals surface area (Å²) >= 11 is 4.99. The summed E-state index contributed by atoms with van der Waals surface area (Å²) < 4.78 is 0.424. The number of benzene rings is 1. The van der Waals surface area contributed by atoms with Gasteiger partial charge in [-0.05, 0) is 47.2 Å². The van der Waals surface area contributed by atoms with Gasteiger partial charge in [-0.2, -0.15) is 11.8 Å². The summed E-state index contributed by atoms with van der Waals surface area (Å²) in [5, 5.41) is 12.1. The molecule has 7 heteroatoms. The van der Waals surface area contributed by atoms with Crippen LogP contribution < -0.4 is 5.73 Å². The molecule has 0 aromatic heterocycles. The van der Waals surface area contributed by atoms with Crippen LogP contribution in [0, 0.1) is 0 Å². The zero-order valence-corrected chi connectivity index (χ0v) is 14.2. The van der Waals surface area contributed by atoms with E-state index in [1.165, 1.54) is 0 Å². The molecule has 2 rings (SSSR count). The van der Waals surface area contributed by atoms with Crippen molar-refractivity contribution in [3.63, 3.8) is 0 Å². The molecule has 1 aliphatic rings. The highest BCUT2D eigenvalue weighted by molar-refractivity contribution is 9.10. The molecule has 1 fully saturated rings. The van der Waals surface area contributed by atoms with Crippen LogP contribution in [0.4, 0.5) is 0 Å². The predicted molar refractivity (Wildman–Crippen MR) is 88.9 cm³/mol. The second-order valence-corrected chi connectivity index (χ2v) is 7.00. The first kappa shape index (κ1) is 16.2. The number of amidine groups is 1. The first-order valence-corrected chi connectivity index (χ1v) is 8.63. The zero-order valence-electron chi connectivity index (χ0n) is 11.8. The van der Waals surface area contributed by atoms with E-state index in [-0.39, 0.29) is 16.5 Å². The van der Waals surface area contributed by atoms with E-state index in [9.17, 15) is 4.79 Å². The Labute approximate surface area is 136 Å². The fraction of sp³-hybridized carbons (Fsp3) is 0.429. The van der Waals surface area contributed by atoms with Gasteiger partial charge in [-0.15, -0.1) is 0 Å². The Bertz CT molecular complexity index is 557. The van der Waals surface area contributed by atoms with Gasteiger partial charge in [-0.1, -0.05) is 17.3 Å². The highest BCUT2D eigenvalue weighted by Crippen LogP contribution is 2.35. The van der Waals surface area contributed by atoms with Crippen LogP contribution in [0.25, 0.3) is 0 Å². The Morgan fingerprint density at radius 2 is 2.05 bits per heavy atom. The smallest absolute Gasteiger partial charge is 0.254 e. The molecule has 0 atom stereocenters. The molecule has 1 aromatic rings. The van der Waals surface area contributed by atoms with E-state index < -0.39 is 0 Å². The fourth-order valence-corrected chi connectivity index (χ4v) is 3.83. The summed E-state index contributed by atoms with van der Waals surface area (Å²) in [5.41, 5.74) is 6.48. The number of hydrogen-bond acceptors (Lipinski definition) is 4.